The van der Waals surface area contributed by atoms with Crippen LogP contribution in [0, 0.1) is 0 Å². The maximum Gasteiger partial charge on any atom is 0.233 e. The largest absolute Gasteiger partial charge is 0.317 e. The Balaban J connectivity index is 2.28. The third kappa shape index (κ3) is 4.08. The van der Waals surface area contributed by atoms with Gasteiger partial charge in [-0.1, -0.05) is 0 Å². The lowest BCUT2D eigenvalue weighted by molar-refractivity contribution is -0.121. The number of rotatable bonds is 5. The first-order valence-electron chi connectivity index (χ1n) is 6.07. The number of nitrogens with one attached hydrogen (secondary N) is 2. The first-order valence-corrected chi connectivity index (χ1v) is 6.07. The summed E-state index contributed by atoms with van der Waals surface area (Å²) in [6.07, 6.45) is 3.77. The molecule has 1 rings (SSSR count). The lowest BCUT2D eigenvalue weighted by Crippen LogP contribution is -2.45. The Morgan fingerprint density at radius 3 is 2.75 bits per heavy atom. The minimum atomic E-state index is -0.0782. The third-order valence-electron chi connectivity index (χ3n) is 3.53. The molecule has 1 fully saturated rings. The molecule has 0 saturated carbocycles. The van der Waals surface area contributed by atoms with Crippen LogP contribution in [0.1, 0.15) is 32.6 Å². The first kappa shape index (κ1) is 13.4. The summed E-state index contributed by atoms with van der Waals surface area (Å²) >= 11 is 0. The molecule has 0 bridgehead atoms. The fourth-order valence-corrected chi connectivity index (χ4v) is 2.19. The minimum Gasteiger partial charge on any atom is -0.317 e. The minimum absolute atomic E-state index is 0.0782. The second-order valence-electron chi connectivity index (χ2n) is 4.60. The van der Waals surface area contributed by atoms with Gasteiger partial charge in [0.1, 0.15) is 0 Å². The summed E-state index contributed by atoms with van der Waals surface area (Å²) in [5.74, 6) is 4.98. The number of hydrogen-bond donors (Lipinski definition) is 3. The molecule has 1 amide bonds. The zero-order valence-corrected chi connectivity index (χ0v) is 10.3. The van der Waals surface area contributed by atoms with Gasteiger partial charge in [-0.25, -0.2) is 5.84 Å². The molecule has 16 heavy (non-hydrogen) atoms. The molecule has 5 heteroatoms. The van der Waals surface area contributed by atoms with Crippen LogP contribution >= 0.6 is 0 Å². The highest BCUT2D eigenvalue weighted by atomic mass is 16.2. The number of amides is 1. The van der Waals surface area contributed by atoms with Gasteiger partial charge in [0.25, 0.3) is 0 Å². The summed E-state index contributed by atoms with van der Waals surface area (Å²) in [5, 5.41) is 3.36. The Morgan fingerprint density at radius 1 is 1.56 bits per heavy atom. The molecule has 5 nitrogen and oxygen atoms in total. The van der Waals surface area contributed by atoms with E-state index >= 15 is 0 Å². The van der Waals surface area contributed by atoms with Gasteiger partial charge in [0.2, 0.25) is 5.91 Å². The zero-order chi connectivity index (χ0) is 12.0. The maximum atomic E-state index is 11.1. The summed E-state index contributed by atoms with van der Waals surface area (Å²) in [7, 11) is 2.15. The van der Waals surface area contributed by atoms with Gasteiger partial charge in [0.15, 0.2) is 0 Å². The molecule has 1 aliphatic heterocycles. The third-order valence-corrected chi connectivity index (χ3v) is 3.53. The molecule has 4 N–H and O–H groups in total. The standard InChI is InChI=1S/C11H24N4O/c1-9(3-4-11(16)14-12)15(2)10-5-7-13-8-6-10/h9-10,13H,3-8,12H2,1-2H3,(H,14,16). The van der Waals surface area contributed by atoms with E-state index in [1.807, 2.05) is 0 Å². The normalized spacial score (nSPS) is 19.8. The summed E-state index contributed by atoms with van der Waals surface area (Å²) in [5.41, 5.74) is 2.17. The summed E-state index contributed by atoms with van der Waals surface area (Å²) < 4.78 is 0. The molecule has 1 unspecified atom stereocenters. The summed E-state index contributed by atoms with van der Waals surface area (Å²) in [6.45, 7) is 4.38. The van der Waals surface area contributed by atoms with Crippen LogP contribution in [-0.4, -0.2) is 43.0 Å². The lowest BCUT2D eigenvalue weighted by Gasteiger charge is -2.35. The number of carbonyl (C=O) groups excluding carboxylic acids is 1. The van der Waals surface area contributed by atoms with Crippen molar-refractivity contribution >= 4 is 5.91 Å². The van der Waals surface area contributed by atoms with E-state index in [-0.39, 0.29) is 5.91 Å². The monoisotopic (exact) mass is 228 g/mol. The Labute approximate surface area is 97.7 Å². The van der Waals surface area contributed by atoms with Gasteiger partial charge < -0.3 is 10.2 Å². The second-order valence-corrected chi connectivity index (χ2v) is 4.60. The van der Waals surface area contributed by atoms with Gasteiger partial charge in [0, 0.05) is 18.5 Å². The van der Waals surface area contributed by atoms with E-state index in [0.717, 1.165) is 19.5 Å². The highest BCUT2D eigenvalue weighted by molar-refractivity contribution is 5.75. The molecule has 0 radical (unpaired) electrons. The molecule has 1 atom stereocenters. The van der Waals surface area contributed by atoms with E-state index in [2.05, 4.69) is 29.6 Å². The number of hydrazine groups is 1. The van der Waals surface area contributed by atoms with Crippen LogP contribution in [0.15, 0.2) is 0 Å². The lowest BCUT2D eigenvalue weighted by atomic mass is 10.0. The Kier molecular flexibility index (Phi) is 5.73. The smallest absolute Gasteiger partial charge is 0.233 e. The molecular weight excluding hydrogens is 204 g/mol. The fourth-order valence-electron chi connectivity index (χ4n) is 2.19. The van der Waals surface area contributed by atoms with Gasteiger partial charge >= 0.3 is 0 Å². The molecule has 0 aromatic rings. The zero-order valence-electron chi connectivity index (χ0n) is 10.3. The van der Waals surface area contributed by atoms with Crippen LogP contribution in [0.2, 0.25) is 0 Å². The molecule has 0 aromatic carbocycles. The molecule has 1 heterocycles. The van der Waals surface area contributed by atoms with Gasteiger partial charge in [-0.2, -0.15) is 0 Å². The molecule has 0 aromatic heterocycles. The summed E-state index contributed by atoms with van der Waals surface area (Å²) in [6, 6.07) is 1.08. The van der Waals surface area contributed by atoms with Gasteiger partial charge in [-0.05, 0) is 46.3 Å². The number of nitrogens with two attached hydrogens (primary N) is 1. The number of nitrogens with zero attached hydrogens (tertiary/aromatic N) is 1. The van der Waals surface area contributed by atoms with Crippen molar-refractivity contribution in [2.24, 2.45) is 5.84 Å². The van der Waals surface area contributed by atoms with Crippen molar-refractivity contribution in [3.05, 3.63) is 0 Å². The van der Waals surface area contributed by atoms with Crippen molar-refractivity contribution in [2.45, 2.75) is 44.7 Å². The van der Waals surface area contributed by atoms with Gasteiger partial charge in [-0.3, -0.25) is 10.2 Å². The molecule has 0 aliphatic carbocycles. The van der Waals surface area contributed by atoms with Crippen molar-refractivity contribution in [3.8, 4) is 0 Å². The Morgan fingerprint density at radius 2 is 2.19 bits per heavy atom. The first-order chi connectivity index (χ1) is 7.65. The van der Waals surface area contributed by atoms with E-state index in [1.54, 1.807) is 0 Å². The highest BCUT2D eigenvalue weighted by Gasteiger charge is 2.21. The van der Waals surface area contributed by atoms with Crippen LogP contribution in [0.5, 0.6) is 0 Å². The van der Waals surface area contributed by atoms with Crippen LogP contribution < -0.4 is 16.6 Å². The van der Waals surface area contributed by atoms with Crippen molar-refractivity contribution in [2.75, 3.05) is 20.1 Å². The Hall–Kier alpha value is -0.650. The van der Waals surface area contributed by atoms with E-state index < -0.39 is 0 Å². The van der Waals surface area contributed by atoms with E-state index in [9.17, 15) is 4.79 Å². The Bertz CT molecular complexity index is 216. The van der Waals surface area contributed by atoms with Crippen molar-refractivity contribution in [3.63, 3.8) is 0 Å². The fraction of sp³-hybridized carbons (Fsp3) is 0.909. The highest BCUT2D eigenvalue weighted by Crippen LogP contribution is 2.15. The molecular formula is C11H24N4O. The van der Waals surface area contributed by atoms with Crippen LogP contribution in [0.4, 0.5) is 0 Å². The predicted octanol–water partition coefficient (Wildman–Crippen LogP) is -0.171. The molecule has 0 spiro atoms. The second kappa shape index (κ2) is 6.83. The molecule has 1 aliphatic rings. The van der Waals surface area contributed by atoms with Crippen molar-refractivity contribution < 1.29 is 4.79 Å². The van der Waals surface area contributed by atoms with Crippen LogP contribution in [-0.2, 0) is 4.79 Å². The maximum absolute atomic E-state index is 11.1. The quantitative estimate of drug-likeness (QED) is 0.347. The van der Waals surface area contributed by atoms with Crippen LogP contribution in [0.25, 0.3) is 0 Å². The van der Waals surface area contributed by atoms with Crippen LogP contribution in [0.3, 0.4) is 0 Å². The number of hydrogen-bond acceptors (Lipinski definition) is 4. The molecule has 94 valence electrons. The average Bonchev–Trinajstić information content (AvgIpc) is 2.35. The van der Waals surface area contributed by atoms with E-state index in [1.165, 1.54) is 12.8 Å². The molecule has 1 saturated heterocycles. The SMILES string of the molecule is CC(CCC(=O)NN)N(C)C1CCNCC1. The predicted molar refractivity (Wildman–Crippen MR) is 64.7 cm³/mol. The van der Waals surface area contributed by atoms with Gasteiger partial charge in [-0.15, -0.1) is 0 Å². The summed E-state index contributed by atoms with van der Waals surface area (Å²) in [4.78, 5) is 13.4. The van der Waals surface area contributed by atoms with E-state index in [4.69, 9.17) is 5.84 Å². The average molecular weight is 228 g/mol. The topological polar surface area (TPSA) is 70.4 Å². The van der Waals surface area contributed by atoms with E-state index in [0.29, 0.717) is 18.5 Å². The number of carbonyl (C=O) groups is 1. The number of piperidine rings is 1. The van der Waals surface area contributed by atoms with Crippen molar-refractivity contribution in [1.82, 2.24) is 15.6 Å². The van der Waals surface area contributed by atoms with Gasteiger partial charge in [0.05, 0.1) is 0 Å². The van der Waals surface area contributed by atoms with Crippen molar-refractivity contribution in [1.29, 1.82) is 0 Å².